The first-order valence-corrected chi connectivity index (χ1v) is 17.6. The minimum absolute atomic E-state index is 0.117. The standard InChI is InChI=1S/C35H55N9O5/c1-5-6-21-48-32-41-29(37)28-30(42-32)44(33(46)40-28)23-26-12-10-25(11-13-26)22-43-19-15-24(16-20-43)14-18-38-31(45)27(36)9-7-8-17-39-34(47)49-35(2,3)4/h10-13,24,27H,5-9,14-23,36H2,1-4H3,(H,38,45)(H,39,47)(H,40,46)(H2,37,41,42)/t27-/m1/s1. The molecule has 0 spiro atoms. The van der Waals surface area contributed by atoms with Crippen molar-refractivity contribution in [3.63, 3.8) is 0 Å². The lowest BCUT2D eigenvalue weighted by atomic mass is 9.93. The van der Waals surface area contributed by atoms with E-state index in [-0.39, 0.29) is 23.4 Å². The number of unbranched alkanes of at least 4 members (excludes halogenated alkanes) is 2. The van der Waals surface area contributed by atoms with E-state index in [1.54, 1.807) is 4.57 Å². The molecule has 7 N–H and O–H groups in total. The van der Waals surface area contributed by atoms with Gasteiger partial charge < -0.3 is 36.6 Å². The fraction of sp³-hybridized carbons (Fsp3) is 0.629. The predicted molar refractivity (Wildman–Crippen MR) is 190 cm³/mol. The number of amides is 2. The maximum Gasteiger partial charge on any atom is 0.407 e. The van der Waals surface area contributed by atoms with E-state index in [1.165, 1.54) is 5.56 Å². The number of aromatic amines is 1. The molecule has 1 aliphatic heterocycles. The summed E-state index contributed by atoms with van der Waals surface area (Å²) < 4.78 is 12.4. The van der Waals surface area contributed by atoms with Crippen LogP contribution in [0.4, 0.5) is 10.6 Å². The van der Waals surface area contributed by atoms with Gasteiger partial charge in [0.15, 0.2) is 11.5 Å². The van der Waals surface area contributed by atoms with Gasteiger partial charge >= 0.3 is 17.8 Å². The third-order valence-corrected chi connectivity index (χ3v) is 8.63. The van der Waals surface area contributed by atoms with Crippen LogP contribution in [0.5, 0.6) is 6.01 Å². The Kier molecular flexibility index (Phi) is 13.8. The summed E-state index contributed by atoms with van der Waals surface area (Å²) >= 11 is 0. The smallest absolute Gasteiger partial charge is 0.407 e. The van der Waals surface area contributed by atoms with Gasteiger partial charge in [-0.05, 0) is 95.9 Å². The number of nitrogens with two attached hydrogens (primary N) is 2. The predicted octanol–water partition coefficient (Wildman–Crippen LogP) is 3.67. The summed E-state index contributed by atoms with van der Waals surface area (Å²) in [5, 5.41) is 5.73. The van der Waals surface area contributed by atoms with Crippen molar-refractivity contribution in [3.8, 4) is 6.01 Å². The summed E-state index contributed by atoms with van der Waals surface area (Å²) in [5.41, 5.74) is 14.4. The zero-order chi connectivity index (χ0) is 35.4. The van der Waals surface area contributed by atoms with E-state index in [9.17, 15) is 14.4 Å². The largest absolute Gasteiger partial charge is 0.463 e. The van der Waals surface area contributed by atoms with Gasteiger partial charge in [-0.25, -0.2) is 9.59 Å². The van der Waals surface area contributed by atoms with Crippen molar-refractivity contribution < 1.29 is 19.1 Å². The number of aromatic nitrogens is 4. The summed E-state index contributed by atoms with van der Waals surface area (Å²) in [6, 6.07) is 7.94. The first-order chi connectivity index (χ1) is 23.4. The Balaban J connectivity index is 1.13. The van der Waals surface area contributed by atoms with Crippen molar-refractivity contribution in [1.29, 1.82) is 0 Å². The fourth-order valence-corrected chi connectivity index (χ4v) is 5.83. The molecule has 1 aliphatic rings. The lowest BCUT2D eigenvalue weighted by molar-refractivity contribution is -0.122. The molecule has 1 fully saturated rings. The normalized spacial score (nSPS) is 14.9. The van der Waals surface area contributed by atoms with E-state index < -0.39 is 17.7 Å². The lowest BCUT2D eigenvalue weighted by Gasteiger charge is -2.32. The molecule has 2 amide bonds. The number of imidazole rings is 1. The van der Waals surface area contributed by atoms with Gasteiger partial charge in [-0.3, -0.25) is 14.3 Å². The topological polar surface area (TPSA) is 196 Å². The van der Waals surface area contributed by atoms with Gasteiger partial charge in [0.1, 0.15) is 11.1 Å². The molecule has 3 heterocycles. The molecule has 1 saturated heterocycles. The molecule has 3 aromatic rings. The molecule has 1 aromatic carbocycles. The third-order valence-electron chi connectivity index (χ3n) is 8.63. The van der Waals surface area contributed by atoms with E-state index in [0.29, 0.717) is 49.7 Å². The molecule has 0 aliphatic carbocycles. The minimum atomic E-state index is -0.548. The summed E-state index contributed by atoms with van der Waals surface area (Å²) in [5.74, 6) is 0.642. The lowest BCUT2D eigenvalue weighted by Crippen LogP contribution is -2.42. The highest BCUT2D eigenvalue weighted by Crippen LogP contribution is 2.22. The van der Waals surface area contributed by atoms with Gasteiger partial charge in [0.05, 0.1) is 19.2 Å². The minimum Gasteiger partial charge on any atom is -0.463 e. The van der Waals surface area contributed by atoms with Crippen LogP contribution in [-0.4, -0.2) is 80.8 Å². The summed E-state index contributed by atoms with van der Waals surface area (Å²) in [6.07, 6.45) is 6.60. The summed E-state index contributed by atoms with van der Waals surface area (Å²) in [6.45, 7) is 12.4. The van der Waals surface area contributed by atoms with Gasteiger partial charge in [-0.15, -0.1) is 0 Å². The quantitative estimate of drug-likeness (QED) is 0.131. The molecule has 0 saturated carbocycles. The number of hydrogen-bond acceptors (Lipinski definition) is 10. The van der Waals surface area contributed by atoms with E-state index in [0.717, 1.165) is 70.1 Å². The van der Waals surface area contributed by atoms with Crippen molar-refractivity contribution >= 4 is 29.0 Å². The number of nitrogen functional groups attached to an aromatic ring is 1. The molecule has 14 nitrogen and oxygen atoms in total. The maximum atomic E-state index is 12.8. The van der Waals surface area contributed by atoms with E-state index in [1.807, 2.05) is 32.9 Å². The second-order valence-corrected chi connectivity index (χ2v) is 14.0. The molecule has 1 atom stereocenters. The molecule has 14 heteroatoms. The number of H-pyrrole nitrogens is 1. The fourth-order valence-electron chi connectivity index (χ4n) is 5.83. The Hall–Kier alpha value is -4.17. The summed E-state index contributed by atoms with van der Waals surface area (Å²) in [7, 11) is 0. The number of likely N-dealkylation sites (tertiary alicyclic amines) is 1. The number of carbonyl (C=O) groups is 2. The number of fused-ring (bicyclic) bond motifs is 1. The van der Waals surface area contributed by atoms with Crippen LogP contribution in [0.15, 0.2) is 29.1 Å². The molecule has 49 heavy (non-hydrogen) atoms. The Morgan fingerprint density at radius 2 is 1.71 bits per heavy atom. The number of anilines is 1. The van der Waals surface area contributed by atoms with E-state index >= 15 is 0 Å². The van der Waals surface area contributed by atoms with Crippen LogP contribution in [0.25, 0.3) is 11.2 Å². The SMILES string of the molecule is CCCCOc1nc(N)c2[nH]c(=O)n(Cc3ccc(CN4CCC(CCNC(=O)[C@H](N)CCCCNC(=O)OC(C)(C)C)CC4)cc3)c2n1. The zero-order valence-electron chi connectivity index (χ0n) is 29.6. The number of hydrogen-bond donors (Lipinski definition) is 5. The first-order valence-electron chi connectivity index (χ1n) is 17.6. The van der Waals surface area contributed by atoms with Crippen LogP contribution in [-0.2, 0) is 22.6 Å². The average Bonchev–Trinajstić information content (AvgIpc) is 3.36. The maximum absolute atomic E-state index is 12.8. The Morgan fingerprint density at radius 3 is 2.39 bits per heavy atom. The van der Waals surface area contributed by atoms with Crippen LogP contribution < -0.4 is 32.5 Å². The molecule has 4 rings (SSSR count). The van der Waals surface area contributed by atoms with Crippen molar-refractivity contribution in [3.05, 3.63) is 45.9 Å². The van der Waals surface area contributed by atoms with Gasteiger partial charge in [0, 0.05) is 19.6 Å². The molecule has 2 aromatic heterocycles. The Morgan fingerprint density at radius 1 is 1.02 bits per heavy atom. The number of rotatable bonds is 17. The van der Waals surface area contributed by atoms with Crippen LogP contribution in [0, 0.1) is 5.92 Å². The Bertz CT molecular complexity index is 1560. The number of benzene rings is 1. The monoisotopic (exact) mass is 681 g/mol. The molecular formula is C35H55N9O5. The van der Waals surface area contributed by atoms with Gasteiger partial charge in [0.2, 0.25) is 5.91 Å². The molecule has 0 unspecified atom stereocenters. The Labute approximate surface area is 288 Å². The van der Waals surface area contributed by atoms with Gasteiger partial charge in [-0.1, -0.05) is 37.6 Å². The highest BCUT2D eigenvalue weighted by molar-refractivity contribution is 5.82. The average molecular weight is 682 g/mol. The van der Waals surface area contributed by atoms with Crippen LogP contribution >= 0.6 is 0 Å². The van der Waals surface area contributed by atoms with Crippen LogP contribution in [0.3, 0.4) is 0 Å². The highest BCUT2D eigenvalue weighted by Gasteiger charge is 2.21. The highest BCUT2D eigenvalue weighted by atomic mass is 16.6. The number of nitrogens with one attached hydrogen (secondary N) is 3. The van der Waals surface area contributed by atoms with E-state index in [2.05, 4.69) is 49.5 Å². The molecule has 0 bridgehead atoms. The summed E-state index contributed by atoms with van der Waals surface area (Å²) in [4.78, 5) is 50.8. The first kappa shape index (κ1) is 37.6. The van der Waals surface area contributed by atoms with E-state index in [4.69, 9.17) is 20.9 Å². The van der Waals surface area contributed by atoms with Crippen molar-refractivity contribution in [2.45, 2.75) is 104 Å². The van der Waals surface area contributed by atoms with Crippen LogP contribution in [0.1, 0.15) is 90.2 Å². The number of alkyl carbamates (subject to hydrolysis) is 1. The van der Waals surface area contributed by atoms with Gasteiger partial charge in [0.25, 0.3) is 0 Å². The molecule has 270 valence electrons. The zero-order valence-corrected chi connectivity index (χ0v) is 29.6. The second kappa shape index (κ2) is 18.0. The molecule has 0 radical (unpaired) electrons. The van der Waals surface area contributed by atoms with Gasteiger partial charge in [-0.2, -0.15) is 9.97 Å². The third kappa shape index (κ3) is 12.0. The second-order valence-electron chi connectivity index (χ2n) is 14.0. The van der Waals surface area contributed by atoms with Crippen molar-refractivity contribution in [2.24, 2.45) is 11.7 Å². The molecular weight excluding hydrogens is 626 g/mol. The van der Waals surface area contributed by atoms with Crippen LogP contribution in [0.2, 0.25) is 0 Å². The number of nitrogens with zero attached hydrogens (tertiary/aromatic N) is 4. The number of ether oxygens (including phenoxy) is 2. The van der Waals surface area contributed by atoms with Crippen molar-refractivity contribution in [1.82, 2.24) is 35.1 Å². The number of carbonyl (C=O) groups excluding carboxylic acids is 2. The number of piperidine rings is 1. The van der Waals surface area contributed by atoms with Crippen molar-refractivity contribution in [2.75, 3.05) is 38.5 Å².